The van der Waals surface area contributed by atoms with E-state index in [9.17, 15) is 23.3 Å². The van der Waals surface area contributed by atoms with Gasteiger partial charge >= 0.3 is 5.97 Å². The summed E-state index contributed by atoms with van der Waals surface area (Å²) in [4.78, 5) is 21.1. The van der Waals surface area contributed by atoms with Crippen molar-refractivity contribution in [2.24, 2.45) is 5.92 Å². The monoisotopic (exact) mass is 356 g/mol. The standard InChI is InChI=1S/C15H20N2O6S/c1-11-10-12(23-15(11)18)6-4-5-9-16-24(21,22)14-8-3-2-7-13(14)17(19)20/h2-3,7-8,11-12,16H,4-6,9-10H2,1H3/t11-,12-/m1/s1. The molecule has 0 amide bonds. The molecule has 0 spiro atoms. The number of nitro groups is 1. The molecule has 1 fully saturated rings. The molecule has 24 heavy (non-hydrogen) atoms. The summed E-state index contributed by atoms with van der Waals surface area (Å²) < 4.78 is 31.9. The molecule has 1 saturated heterocycles. The van der Waals surface area contributed by atoms with E-state index in [1.54, 1.807) is 0 Å². The van der Waals surface area contributed by atoms with E-state index in [1.807, 2.05) is 6.92 Å². The van der Waals surface area contributed by atoms with Gasteiger partial charge in [0, 0.05) is 12.6 Å². The SMILES string of the molecule is C[C@@H]1C[C@@H](CCCCNS(=O)(=O)c2ccccc2[N+](=O)[O-])OC1=O. The van der Waals surface area contributed by atoms with E-state index < -0.39 is 20.6 Å². The van der Waals surface area contributed by atoms with E-state index in [2.05, 4.69) is 4.72 Å². The number of carbonyl (C=O) groups excluding carboxylic acids is 1. The minimum Gasteiger partial charge on any atom is -0.462 e. The highest BCUT2D eigenvalue weighted by molar-refractivity contribution is 7.89. The molecule has 1 aromatic rings. The number of unbranched alkanes of at least 4 members (excludes halogenated alkanes) is 1. The first-order chi connectivity index (χ1) is 11.3. The molecule has 0 bridgehead atoms. The Morgan fingerprint density at radius 2 is 2.04 bits per heavy atom. The first-order valence-electron chi connectivity index (χ1n) is 7.75. The summed E-state index contributed by atoms with van der Waals surface area (Å²) in [5, 5.41) is 10.9. The van der Waals surface area contributed by atoms with Gasteiger partial charge in [-0.05, 0) is 31.7 Å². The van der Waals surface area contributed by atoms with E-state index in [1.165, 1.54) is 18.2 Å². The Labute approximate surface area is 140 Å². The van der Waals surface area contributed by atoms with Crippen LogP contribution in [-0.2, 0) is 19.6 Å². The van der Waals surface area contributed by atoms with Gasteiger partial charge in [0.05, 0.1) is 10.8 Å². The molecule has 0 aliphatic carbocycles. The molecular weight excluding hydrogens is 336 g/mol. The van der Waals surface area contributed by atoms with Crippen molar-refractivity contribution < 1.29 is 22.9 Å². The number of ether oxygens (including phenoxy) is 1. The van der Waals surface area contributed by atoms with Crippen LogP contribution < -0.4 is 4.72 Å². The van der Waals surface area contributed by atoms with Gasteiger partial charge in [-0.25, -0.2) is 13.1 Å². The smallest absolute Gasteiger partial charge is 0.309 e. The predicted octanol–water partition coefficient (Wildman–Crippen LogP) is 2.00. The molecule has 0 radical (unpaired) electrons. The number of sulfonamides is 1. The lowest BCUT2D eigenvalue weighted by Gasteiger charge is -2.09. The molecule has 2 rings (SSSR count). The fourth-order valence-electron chi connectivity index (χ4n) is 2.61. The van der Waals surface area contributed by atoms with Gasteiger partial charge in [-0.2, -0.15) is 0 Å². The highest BCUT2D eigenvalue weighted by atomic mass is 32.2. The largest absolute Gasteiger partial charge is 0.462 e. The first kappa shape index (κ1) is 18.3. The zero-order valence-electron chi connectivity index (χ0n) is 13.3. The van der Waals surface area contributed by atoms with Crippen LogP contribution in [0, 0.1) is 16.0 Å². The quantitative estimate of drug-likeness (QED) is 0.330. The first-order valence-corrected chi connectivity index (χ1v) is 9.23. The maximum Gasteiger partial charge on any atom is 0.309 e. The van der Waals surface area contributed by atoms with Gasteiger partial charge in [0.1, 0.15) is 6.10 Å². The van der Waals surface area contributed by atoms with E-state index in [0.29, 0.717) is 25.7 Å². The topological polar surface area (TPSA) is 116 Å². The van der Waals surface area contributed by atoms with Gasteiger partial charge in [-0.1, -0.05) is 19.1 Å². The second-order valence-electron chi connectivity index (χ2n) is 5.81. The molecule has 1 N–H and O–H groups in total. The Morgan fingerprint density at radius 1 is 1.33 bits per heavy atom. The van der Waals surface area contributed by atoms with Crippen molar-refractivity contribution in [2.75, 3.05) is 6.54 Å². The van der Waals surface area contributed by atoms with Gasteiger partial charge in [-0.3, -0.25) is 14.9 Å². The molecule has 0 unspecified atom stereocenters. The number of nitro benzene ring substituents is 1. The summed E-state index contributed by atoms with van der Waals surface area (Å²) in [6.45, 7) is 1.99. The summed E-state index contributed by atoms with van der Waals surface area (Å²) in [5.74, 6) is -0.260. The number of nitrogens with one attached hydrogen (secondary N) is 1. The number of nitrogens with zero attached hydrogens (tertiary/aromatic N) is 1. The molecule has 2 atom stereocenters. The second-order valence-corrected chi connectivity index (χ2v) is 7.55. The molecule has 1 aliphatic rings. The van der Waals surface area contributed by atoms with Crippen molar-refractivity contribution in [3.8, 4) is 0 Å². The van der Waals surface area contributed by atoms with Crippen LogP contribution in [-0.4, -0.2) is 32.0 Å². The molecule has 132 valence electrons. The van der Waals surface area contributed by atoms with Crippen LogP contribution in [0.25, 0.3) is 0 Å². The third-order valence-corrected chi connectivity index (χ3v) is 5.41. The lowest BCUT2D eigenvalue weighted by atomic mass is 10.0. The van der Waals surface area contributed by atoms with E-state index >= 15 is 0 Å². The lowest BCUT2D eigenvalue weighted by molar-refractivity contribution is -0.387. The third kappa shape index (κ3) is 4.51. The van der Waals surface area contributed by atoms with Crippen LogP contribution >= 0.6 is 0 Å². The summed E-state index contributed by atoms with van der Waals surface area (Å²) in [6.07, 6.45) is 2.54. The van der Waals surface area contributed by atoms with Crippen LogP contribution in [0.4, 0.5) is 5.69 Å². The maximum absolute atomic E-state index is 12.2. The number of esters is 1. The van der Waals surface area contributed by atoms with Crippen LogP contribution in [0.5, 0.6) is 0 Å². The van der Waals surface area contributed by atoms with Gasteiger partial charge in [0.15, 0.2) is 4.90 Å². The molecule has 1 aliphatic heterocycles. The van der Waals surface area contributed by atoms with Crippen molar-refractivity contribution >= 4 is 21.7 Å². The zero-order chi connectivity index (χ0) is 17.7. The molecule has 1 heterocycles. The van der Waals surface area contributed by atoms with Gasteiger partial charge < -0.3 is 4.74 Å². The summed E-state index contributed by atoms with van der Waals surface area (Å²) in [6, 6.07) is 5.22. The highest BCUT2D eigenvalue weighted by Gasteiger charge is 2.30. The minimum absolute atomic E-state index is 0.0767. The van der Waals surface area contributed by atoms with E-state index in [0.717, 1.165) is 6.07 Å². The molecule has 8 nitrogen and oxygen atoms in total. The van der Waals surface area contributed by atoms with Crippen molar-refractivity contribution in [1.29, 1.82) is 0 Å². The summed E-state index contributed by atoms with van der Waals surface area (Å²) in [5.41, 5.74) is -0.447. The van der Waals surface area contributed by atoms with Crippen LogP contribution in [0.3, 0.4) is 0 Å². The van der Waals surface area contributed by atoms with Crippen LogP contribution in [0.2, 0.25) is 0 Å². The average molecular weight is 356 g/mol. The molecule has 1 aromatic carbocycles. The Balaban J connectivity index is 1.82. The maximum atomic E-state index is 12.2. The lowest BCUT2D eigenvalue weighted by Crippen LogP contribution is -2.25. The Bertz CT molecular complexity index is 718. The normalized spacial score (nSPS) is 20.8. The fourth-order valence-corrected chi connectivity index (χ4v) is 3.86. The summed E-state index contributed by atoms with van der Waals surface area (Å²) >= 11 is 0. The average Bonchev–Trinajstić information content (AvgIpc) is 2.85. The van der Waals surface area contributed by atoms with Crippen molar-refractivity contribution in [2.45, 2.75) is 43.6 Å². The van der Waals surface area contributed by atoms with Gasteiger partial charge in [-0.15, -0.1) is 0 Å². The highest BCUT2D eigenvalue weighted by Crippen LogP contribution is 2.24. The van der Waals surface area contributed by atoms with Gasteiger partial charge in [0.2, 0.25) is 10.0 Å². The van der Waals surface area contributed by atoms with Gasteiger partial charge in [0.25, 0.3) is 5.69 Å². The van der Waals surface area contributed by atoms with Crippen LogP contribution in [0.15, 0.2) is 29.2 Å². The predicted molar refractivity (Wildman–Crippen MR) is 85.8 cm³/mol. The number of carbonyl (C=O) groups is 1. The second kappa shape index (κ2) is 7.71. The number of hydrogen-bond donors (Lipinski definition) is 1. The fraction of sp³-hybridized carbons (Fsp3) is 0.533. The zero-order valence-corrected chi connectivity index (χ0v) is 14.1. The van der Waals surface area contributed by atoms with E-state index in [4.69, 9.17) is 4.74 Å². The Hall–Kier alpha value is -2.00. The van der Waals surface area contributed by atoms with Crippen molar-refractivity contribution in [3.05, 3.63) is 34.4 Å². The van der Waals surface area contributed by atoms with E-state index in [-0.39, 0.29) is 29.4 Å². The number of benzene rings is 1. The Morgan fingerprint density at radius 3 is 2.67 bits per heavy atom. The molecular formula is C15H20N2O6S. The third-order valence-electron chi connectivity index (χ3n) is 3.90. The molecule has 9 heteroatoms. The molecule has 0 saturated carbocycles. The number of cyclic esters (lactones) is 1. The van der Waals surface area contributed by atoms with Crippen molar-refractivity contribution in [3.63, 3.8) is 0 Å². The Kier molecular flexibility index (Phi) is 5.89. The van der Waals surface area contributed by atoms with Crippen LogP contribution in [0.1, 0.15) is 32.6 Å². The molecule has 0 aromatic heterocycles. The summed E-state index contributed by atoms with van der Waals surface area (Å²) in [7, 11) is -3.93. The number of rotatable bonds is 8. The number of para-hydroxylation sites is 1. The van der Waals surface area contributed by atoms with Crippen molar-refractivity contribution in [1.82, 2.24) is 4.72 Å². The number of hydrogen-bond acceptors (Lipinski definition) is 6. The minimum atomic E-state index is -3.93.